The molecule has 1 saturated carbocycles. The van der Waals surface area contributed by atoms with E-state index in [4.69, 9.17) is 0 Å². The monoisotopic (exact) mass is 286 g/mol. The molecule has 1 heterocycles. The lowest BCUT2D eigenvalue weighted by molar-refractivity contribution is 0.276. The fourth-order valence-corrected chi connectivity index (χ4v) is 3.84. The van der Waals surface area contributed by atoms with Crippen LogP contribution < -0.4 is 5.32 Å². The fourth-order valence-electron chi connectivity index (χ4n) is 3.20. The Labute approximate surface area is 125 Å². The molecular weight excluding hydrogens is 264 g/mol. The van der Waals surface area contributed by atoms with Crippen molar-refractivity contribution in [3.05, 3.63) is 35.8 Å². The van der Waals surface area contributed by atoms with Crippen molar-refractivity contribution in [2.45, 2.75) is 39.2 Å². The number of thiazole rings is 1. The molecule has 1 aliphatic carbocycles. The Morgan fingerprint density at radius 3 is 2.90 bits per heavy atom. The minimum Gasteiger partial charge on any atom is -0.382 e. The van der Waals surface area contributed by atoms with Gasteiger partial charge in [0, 0.05) is 28.9 Å². The van der Waals surface area contributed by atoms with E-state index in [9.17, 15) is 0 Å². The number of anilines is 1. The highest BCUT2D eigenvalue weighted by Crippen LogP contribution is 2.32. The van der Waals surface area contributed by atoms with Crippen LogP contribution in [0.3, 0.4) is 0 Å². The van der Waals surface area contributed by atoms with Gasteiger partial charge in [-0.2, -0.15) is 0 Å². The molecule has 0 spiro atoms. The first-order chi connectivity index (χ1) is 9.72. The van der Waals surface area contributed by atoms with Crippen molar-refractivity contribution >= 4 is 17.0 Å². The van der Waals surface area contributed by atoms with Gasteiger partial charge in [0.1, 0.15) is 5.01 Å². The van der Waals surface area contributed by atoms with Crippen molar-refractivity contribution in [1.29, 1.82) is 0 Å². The SMILES string of the molecule is CC1CCC(Nc2cccc(-c3nccs3)c2)C(C)C1. The molecule has 3 heteroatoms. The van der Waals surface area contributed by atoms with Crippen molar-refractivity contribution in [1.82, 2.24) is 4.98 Å². The number of aromatic nitrogens is 1. The lowest BCUT2D eigenvalue weighted by atomic mass is 9.80. The summed E-state index contributed by atoms with van der Waals surface area (Å²) in [7, 11) is 0. The summed E-state index contributed by atoms with van der Waals surface area (Å²) in [6, 6.07) is 9.26. The average Bonchev–Trinajstić information content (AvgIpc) is 2.96. The van der Waals surface area contributed by atoms with Crippen molar-refractivity contribution in [2.75, 3.05) is 5.32 Å². The molecule has 1 aliphatic rings. The normalized spacial score (nSPS) is 26.4. The molecule has 3 rings (SSSR count). The summed E-state index contributed by atoms with van der Waals surface area (Å²) in [4.78, 5) is 4.39. The summed E-state index contributed by atoms with van der Waals surface area (Å²) in [6.07, 6.45) is 5.83. The lowest BCUT2D eigenvalue weighted by Crippen LogP contribution is -2.32. The minimum atomic E-state index is 0.609. The summed E-state index contributed by atoms with van der Waals surface area (Å²) in [5, 5.41) is 6.85. The van der Waals surface area contributed by atoms with Gasteiger partial charge in [0.25, 0.3) is 0 Å². The Hall–Kier alpha value is -1.35. The average molecular weight is 286 g/mol. The molecule has 106 valence electrons. The van der Waals surface area contributed by atoms with Crippen LogP contribution >= 0.6 is 11.3 Å². The van der Waals surface area contributed by atoms with Crippen LogP contribution in [0.25, 0.3) is 10.6 Å². The maximum atomic E-state index is 4.39. The van der Waals surface area contributed by atoms with Crippen molar-refractivity contribution in [3.8, 4) is 10.6 Å². The third kappa shape index (κ3) is 3.04. The molecule has 0 bridgehead atoms. The van der Waals surface area contributed by atoms with Crippen LogP contribution in [-0.4, -0.2) is 11.0 Å². The van der Waals surface area contributed by atoms with Gasteiger partial charge < -0.3 is 5.32 Å². The number of rotatable bonds is 3. The van der Waals surface area contributed by atoms with Gasteiger partial charge in [-0.05, 0) is 43.2 Å². The predicted molar refractivity (Wildman–Crippen MR) is 87.1 cm³/mol. The highest BCUT2D eigenvalue weighted by molar-refractivity contribution is 7.13. The second-order valence-corrected chi connectivity index (χ2v) is 6.96. The Kier molecular flexibility index (Phi) is 4.06. The zero-order valence-corrected chi connectivity index (χ0v) is 13.0. The van der Waals surface area contributed by atoms with E-state index in [0.29, 0.717) is 6.04 Å². The van der Waals surface area contributed by atoms with Crippen molar-refractivity contribution < 1.29 is 0 Å². The maximum Gasteiger partial charge on any atom is 0.123 e. The van der Waals surface area contributed by atoms with Crippen LogP contribution in [0.15, 0.2) is 35.8 Å². The molecule has 3 atom stereocenters. The standard InChI is InChI=1S/C17H22N2S/c1-12-6-7-16(13(2)10-12)19-15-5-3-4-14(11-15)17-18-8-9-20-17/h3-5,8-9,11-13,16,19H,6-7,10H2,1-2H3. The van der Waals surface area contributed by atoms with Gasteiger partial charge in [-0.25, -0.2) is 4.98 Å². The summed E-state index contributed by atoms with van der Waals surface area (Å²) in [5.74, 6) is 1.63. The number of nitrogens with one attached hydrogen (secondary N) is 1. The highest BCUT2D eigenvalue weighted by atomic mass is 32.1. The molecule has 1 fully saturated rings. The molecule has 3 unspecified atom stereocenters. The molecule has 0 saturated heterocycles. The summed E-state index contributed by atoms with van der Waals surface area (Å²) < 4.78 is 0. The third-order valence-corrected chi connectivity index (χ3v) is 5.15. The van der Waals surface area contributed by atoms with Crippen LogP contribution in [0.5, 0.6) is 0 Å². The Bertz CT molecular complexity index is 550. The van der Waals surface area contributed by atoms with E-state index in [-0.39, 0.29) is 0 Å². The molecule has 0 radical (unpaired) electrons. The van der Waals surface area contributed by atoms with Gasteiger partial charge in [-0.1, -0.05) is 26.0 Å². The number of hydrogen-bond acceptors (Lipinski definition) is 3. The second kappa shape index (κ2) is 5.96. The van der Waals surface area contributed by atoms with Crippen LogP contribution in [0, 0.1) is 11.8 Å². The zero-order valence-electron chi connectivity index (χ0n) is 12.2. The summed E-state index contributed by atoms with van der Waals surface area (Å²) >= 11 is 1.69. The number of benzene rings is 1. The molecule has 0 amide bonds. The molecular formula is C17H22N2S. The van der Waals surface area contributed by atoms with E-state index in [1.54, 1.807) is 11.3 Å². The van der Waals surface area contributed by atoms with Crippen molar-refractivity contribution in [3.63, 3.8) is 0 Å². The molecule has 2 nitrogen and oxygen atoms in total. The molecule has 0 aliphatic heterocycles. The fraction of sp³-hybridized carbons (Fsp3) is 0.471. The zero-order chi connectivity index (χ0) is 13.9. The van der Waals surface area contributed by atoms with Crippen LogP contribution in [0.4, 0.5) is 5.69 Å². The van der Waals surface area contributed by atoms with E-state index in [1.165, 1.54) is 30.5 Å². The van der Waals surface area contributed by atoms with Gasteiger partial charge in [0.15, 0.2) is 0 Å². The van der Waals surface area contributed by atoms with Gasteiger partial charge in [0.05, 0.1) is 0 Å². The first kappa shape index (κ1) is 13.6. The Morgan fingerprint density at radius 2 is 2.15 bits per heavy atom. The van der Waals surface area contributed by atoms with Crippen molar-refractivity contribution in [2.24, 2.45) is 11.8 Å². The minimum absolute atomic E-state index is 0.609. The van der Waals surface area contributed by atoms with Crippen LogP contribution in [0.1, 0.15) is 33.1 Å². The summed E-state index contributed by atoms with van der Waals surface area (Å²) in [5.41, 5.74) is 2.44. The van der Waals surface area contributed by atoms with Crippen LogP contribution in [0.2, 0.25) is 0 Å². The van der Waals surface area contributed by atoms with E-state index in [0.717, 1.165) is 16.8 Å². The second-order valence-electron chi connectivity index (χ2n) is 6.06. The van der Waals surface area contributed by atoms with E-state index in [1.807, 2.05) is 11.6 Å². The first-order valence-corrected chi connectivity index (χ1v) is 8.37. The molecule has 1 aromatic carbocycles. The predicted octanol–water partition coefficient (Wildman–Crippen LogP) is 5.05. The third-order valence-electron chi connectivity index (χ3n) is 4.33. The van der Waals surface area contributed by atoms with Crippen LogP contribution in [-0.2, 0) is 0 Å². The van der Waals surface area contributed by atoms with Gasteiger partial charge in [-0.15, -0.1) is 11.3 Å². The van der Waals surface area contributed by atoms with Gasteiger partial charge in [-0.3, -0.25) is 0 Å². The van der Waals surface area contributed by atoms with Gasteiger partial charge in [0.2, 0.25) is 0 Å². The number of nitrogens with zero attached hydrogens (tertiary/aromatic N) is 1. The quantitative estimate of drug-likeness (QED) is 0.854. The highest BCUT2D eigenvalue weighted by Gasteiger charge is 2.25. The molecule has 20 heavy (non-hydrogen) atoms. The largest absolute Gasteiger partial charge is 0.382 e. The lowest BCUT2D eigenvalue weighted by Gasteiger charge is -2.33. The smallest absolute Gasteiger partial charge is 0.123 e. The Morgan fingerprint density at radius 1 is 1.25 bits per heavy atom. The van der Waals surface area contributed by atoms with E-state index < -0.39 is 0 Å². The van der Waals surface area contributed by atoms with Gasteiger partial charge >= 0.3 is 0 Å². The topological polar surface area (TPSA) is 24.9 Å². The Balaban J connectivity index is 1.73. The first-order valence-electron chi connectivity index (χ1n) is 7.49. The number of hydrogen-bond donors (Lipinski definition) is 1. The molecule has 1 aromatic heterocycles. The molecule has 1 N–H and O–H groups in total. The molecule has 2 aromatic rings. The van der Waals surface area contributed by atoms with E-state index in [2.05, 4.69) is 48.4 Å². The maximum absolute atomic E-state index is 4.39. The summed E-state index contributed by atoms with van der Waals surface area (Å²) in [6.45, 7) is 4.74. The van der Waals surface area contributed by atoms with E-state index >= 15 is 0 Å².